The van der Waals surface area contributed by atoms with Crippen molar-refractivity contribution in [3.05, 3.63) is 52.6 Å². The van der Waals surface area contributed by atoms with Crippen molar-refractivity contribution < 1.29 is 18.8 Å². The van der Waals surface area contributed by atoms with E-state index in [2.05, 4.69) is 5.32 Å². The number of ketones is 2. The second kappa shape index (κ2) is 7.96. The predicted molar refractivity (Wildman–Crippen MR) is 98.0 cm³/mol. The lowest BCUT2D eigenvalue weighted by molar-refractivity contribution is -0.115. The number of Topliss-reactive ketones (excluding diaryl/α,β-unsaturated/α-hetero) is 2. The van der Waals surface area contributed by atoms with E-state index in [-0.39, 0.29) is 34.8 Å². The van der Waals surface area contributed by atoms with Crippen LogP contribution in [0.25, 0.3) is 0 Å². The normalized spacial score (nSPS) is 10.6. The lowest BCUT2D eigenvalue weighted by Crippen LogP contribution is -2.16. The van der Waals surface area contributed by atoms with Crippen molar-refractivity contribution in [2.24, 2.45) is 13.0 Å². The molecule has 0 atom stereocenters. The molecular formula is C20H20FN3O3. The summed E-state index contributed by atoms with van der Waals surface area (Å²) in [5.74, 6) is -2.28. The summed E-state index contributed by atoms with van der Waals surface area (Å²) in [6.45, 7) is 5.35. The highest BCUT2D eigenvalue weighted by molar-refractivity contribution is 6.44. The number of hydrogen-bond donors (Lipinski definition) is 1. The third kappa shape index (κ3) is 4.29. The number of amides is 1. The number of benzene rings is 1. The van der Waals surface area contributed by atoms with Crippen LogP contribution in [0, 0.1) is 30.0 Å². The molecule has 0 unspecified atom stereocenters. The number of nitrogens with zero attached hydrogens (tertiary/aromatic N) is 2. The largest absolute Gasteiger partial charge is 0.343 e. The van der Waals surface area contributed by atoms with Gasteiger partial charge in [-0.15, -0.1) is 0 Å². The average Bonchev–Trinajstić information content (AvgIpc) is 2.90. The number of rotatable bonds is 6. The maximum absolute atomic E-state index is 13.4. The Bertz CT molecular complexity index is 968. The van der Waals surface area contributed by atoms with Gasteiger partial charge in [0.1, 0.15) is 17.6 Å². The van der Waals surface area contributed by atoms with Crippen LogP contribution in [0.2, 0.25) is 0 Å². The maximum Gasteiger partial charge on any atom is 0.272 e. The van der Waals surface area contributed by atoms with Crippen molar-refractivity contribution in [3.63, 3.8) is 0 Å². The van der Waals surface area contributed by atoms with E-state index in [1.165, 1.54) is 22.8 Å². The van der Waals surface area contributed by atoms with Crippen LogP contribution in [0.1, 0.15) is 52.4 Å². The Kier molecular flexibility index (Phi) is 5.91. The number of aromatic nitrogens is 1. The van der Waals surface area contributed by atoms with Crippen LogP contribution in [0.3, 0.4) is 0 Å². The van der Waals surface area contributed by atoms with Crippen molar-refractivity contribution in [3.8, 4) is 6.07 Å². The summed E-state index contributed by atoms with van der Waals surface area (Å²) < 4.78 is 14.9. The number of carbonyl (C=O) groups is 3. The zero-order valence-corrected chi connectivity index (χ0v) is 15.6. The molecule has 7 heteroatoms. The van der Waals surface area contributed by atoms with Crippen LogP contribution in [-0.4, -0.2) is 22.0 Å². The van der Waals surface area contributed by atoms with Crippen LogP contribution in [0.15, 0.2) is 24.3 Å². The molecule has 0 spiro atoms. The quantitative estimate of drug-likeness (QED) is 0.624. The summed E-state index contributed by atoms with van der Waals surface area (Å²) in [5, 5.41) is 11.4. The molecule has 140 valence electrons. The van der Waals surface area contributed by atoms with E-state index in [9.17, 15) is 18.8 Å². The molecule has 0 bridgehead atoms. The van der Waals surface area contributed by atoms with E-state index in [1.54, 1.807) is 20.0 Å². The molecule has 0 radical (unpaired) electrons. The van der Waals surface area contributed by atoms with E-state index in [0.29, 0.717) is 5.69 Å². The maximum atomic E-state index is 13.4. The highest BCUT2D eigenvalue weighted by Gasteiger charge is 2.24. The average molecular weight is 369 g/mol. The van der Waals surface area contributed by atoms with Crippen molar-refractivity contribution in [1.29, 1.82) is 5.26 Å². The fourth-order valence-corrected chi connectivity index (χ4v) is 2.64. The summed E-state index contributed by atoms with van der Waals surface area (Å²) in [6.07, 6.45) is 0.140. The first-order valence-electron chi connectivity index (χ1n) is 8.40. The minimum atomic E-state index is -0.679. The molecule has 27 heavy (non-hydrogen) atoms. The molecule has 1 amide bonds. The molecule has 0 aliphatic rings. The van der Waals surface area contributed by atoms with Crippen LogP contribution in [-0.2, 0) is 11.8 Å². The Labute approximate surface area is 156 Å². The molecule has 0 saturated carbocycles. The van der Waals surface area contributed by atoms with Gasteiger partial charge in [0.05, 0.1) is 5.56 Å². The van der Waals surface area contributed by atoms with Crippen molar-refractivity contribution >= 4 is 23.2 Å². The number of halogens is 1. The molecule has 0 fully saturated rings. The number of hydrogen-bond acceptors (Lipinski definition) is 4. The first-order valence-corrected chi connectivity index (χ1v) is 8.40. The molecule has 1 aromatic carbocycles. The van der Waals surface area contributed by atoms with E-state index < -0.39 is 23.3 Å². The van der Waals surface area contributed by atoms with E-state index in [0.717, 1.165) is 6.07 Å². The van der Waals surface area contributed by atoms with Gasteiger partial charge in [-0.2, -0.15) is 5.26 Å². The topological polar surface area (TPSA) is 92.0 Å². The Hall–Kier alpha value is -3.27. The summed E-state index contributed by atoms with van der Waals surface area (Å²) in [7, 11) is 1.61. The predicted octanol–water partition coefficient (Wildman–Crippen LogP) is 3.39. The van der Waals surface area contributed by atoms with Gasteiger partial charge in [-0.25, -0.2) is 4.39 Å². The number of carbonyl (C=O) groups excluding carboxylic acids is 3. The number of nitrogens with one attached hydrogen (secondary N) is 1. The standard InChI is InChI=1S/C20H20FN3O3/c1-11(2)7-18(25)19(26)15-9-17(24(4)12(15)3)20(27)23-14-5-6-16(21)13(8-14)10-22/h5-6,8-9,11H,7H2,1-4H3,(H,23,27). The molecule has 6 nitrogen and oxygen atoms in total. The molecule has 0 aliphatic carbocycles. The van der Waals surface area contributed by atoms with Gasteiger partial charge in [-0.05, 0) is 37.1 Å². The van der Waals surface area contributed by atoms with E-state index in [1.807, 2.05) is 13.8 Å². The van der Waals surface area contributed by atoms with Crippen molar-refractivity contribution in [1.82, 2.24) is 4.57 Å². The van der Waals surface area contributed by atoms with Gasteiger partial charge < -0.3 is 9.88 Å². The van der Waals surface area contributed by atoms with Crippen LogP contribution in [0.4, 0.5) is 10.1 Å². The monoisotopic (exact) mass is 369 g/mol. The van der Waals surface area contributed by atoms with Gasteiger partial charge in [-0.1, -0.05) is 13.8 Å². The number of anilines is 1. The minimum absolute atomic E-state index is 0.0565. The van der Waals surface area contributed by atoms with Gasteiger partial charge in [0, 0.05) is 30.4 Å². The first kappa shape index (κ1) is 20.0. The van der Waals surface area contributed by atoms with Crippen LogP contribution in [0.5, 0.6) is 0 Å². The lowest BCUT2D eigenvalue weighted by atomic mass is 10.00. The minimum Gasteiger partial charge on any atom is -0.343 e. The highest BCUT2D eigenvalue weighted by Crippen LogP contribution is 2.19. The van der Waals surface area contributed by atoms with Crippen LogP contribution < -0.4 is 5.32 Å². The van der Waals surface area contributed by atoms with Crippen molar-refractivity contribution in [2.45, 2.75) is 27.2 Å². The first-order chi connectivity index (χ1) is 12.6. The summed E-state index contributed by atoms with van der Waals surface area (Å²) in [5.41, 5.74) is 0.923. The Morgan fingerprint density at radius 1 is 1.26 bits per heavy atom. The van der Waals surface area contributed by atoms with Gasteiger partial charge >= 0.3 is 0 Å². The molecule has 1 aromatic heterocycles. The Morgan fingerprint density at radius 2 is 1.93 bits per heavy atom. The van der Waals surface area contributed by atoms with Crippen molar-refractivity contribution in [2.75, 3.05) is 5.32 Å². The summed E-state index contributed by atoms with van der Waals surface area (Å²) in [4.78, 5) is 37.0. The third-order valence-corrected chi connectivity index (χ3v) is 4.20. The molecule has 0 saturated heterocycles. The molecule has 2 aromatic rings. The van der Waals surface area contributed by atoms with E-state index >= 15 is 0 Å². The fourth-order valence-electron chi connectivity index (χ4n) is 2.64. The van der Waals surface area contributed by atoms with Crippen LogP contribution >= 0.6 is 0 Å². The van der Waals surface area contributed by atoms with Gasteiger partial charge in [0.15, 0.2) is 0 Å². The second-order valence-corrected chi connectivity index (χ2v) is 6.70. The number of nitriles is 1. The van der Waals surface area contributed by atoms with Gasteiger partial charge in [-0.3, -0.25) is 14.4 Å². The smallest absolute Gasteiger partial charge is 0.272 e. The van der Waals surface area contributed by atoms with Gasteiger partial charge in [0.2, 0.25) is 11.6 Å². The van der Waals surface area contributed by atoms with E-state index in [4.69, 9.17) is 5.26 Å². The molecule has 0 aliphatic heterocycles. The second-order valence-electron chi connectivity index (χ2n) is 6.70. The fraction of sp³-hybridized carbons (Fsp3) is 0.300. The summed E-state index contributed by atoms with van der Waals surface area (Å²) >= 11 is 0. The molecule has 1 N–H and O–H groups in total. The lowest BCUT2D eigenvalue weighted by Gasteiger charge is -2.07. The zero-order chi connectivity index (χ0) is 20.3. The molecule has 1 heterocycles. The zero-order valence-electron chi connectivity index (χ0n) is 15.6. The third-order valence-electron chi connectivity index (χ3n) is 4.20. The molecule has 2 rings (SSSR count). The molecular weight excluding hydrogens is 349 g/mol. The summed E-state index contributed by atoms with van der Waals surface area (Å²) in [6, 6.07) is 6.72. The highest BCUT2D eigenvalue weighted by atomic mass is 19.1. The Balaban J connectivity index is 2.29. The Morgan fingerprint density at radius 3 is 2.52 bits per heavy atom. The van der Waals surface area contributed by atoms with Gasteiger partial charge in [0.25, 0.3) is 5.91 Å². The SMILES string of the molecule is Cc1c(C(=O)C(=O)CC(C)C)cc(C(=O)Nc2ccc(F)c(C#N)c2)n1C.